The molecule has 0 unspecified atom stereocenters. The van der Waals surface area contributed by atoms with Gasteiger partial charge in [0.1, 0.15) is 30.7 Å². The number of ether oxygens (including phenoxy) is 3. The topological polar surface area (TPSA) is 213 Å². The van der Waals surface area contributed by atoms with Crippen LogP contribution < -0.4 is 27.0 Å². The maximum atomic E-state index is 13.2. The van der Waals surface area contributed by atoms with Gasteiger partial charge < -0.3 is 41.2 Å². The molecule has 2 aromatic rings. The Morgan fingerprint density at radius 2 is 1.54 bits per heavy atom. The largest absolute Gasteiger partial charge is 0.377 e. The molecule has 1 aromatic heterocycles. The normalized spacial score (nSPS) is 12.7. The number of Topliss-reactive ketones (excluding diaryl/α,β-unsaturated/α-hetero) is 1. The van der Waals surface area contributed by atoms with Gasteiger partial charge >= 0.3 is 6.03 Å². The van der Waals surface area contributed by atoms with E-state index in [1.165, 1.54) is 6.33 Å². The fraction of sp³-hybridized carbons (Fsp3) is 0.594. The third-order valence-corrected chi connectivity index (χ3v) is 7.24. The van der Waals surface area contributed by atoms with Crippen molar-refractivity contribution >= 4 is 57.7 Å². The molecule has 0 aliphatic heterocycles. The predicted octanol–water partition coefficient (Wildman–Crippen LogP) is 2.35. The van der Waals surface area contributed by atoms with Crippen molar-refractivity contribution in [3.8, 4) is 0 Å². The van der Waals surface area contributed by atoms with Crippen LogP contribution in [0.2, 0.25) is 5.15 Å². The fourth-order valence-electron chi connectivity index (χ4n) is 4.46. The minimum atomic E-state index is -0.883. The highest BCUT2D eigenvalue weighted by Gasteiger charge is 2.33. The van der Waals surface area contributed by atoms with Crippen LogP contribution >= 0.6 is 11.6 Å². The smallest absolute Gasteiger partial charge is 0.312 e. The number of rotatable bonds is 21. The Morgan fingerprint density at radius 3 is 2.17 bits per heavy atom. The molecule has 266 valence electrons. The van der Waals surface area contributed by atoms with E-state index in [9.17, 15) is 24.0 Å². The Bertz CT molecular complexity index is 1390. The standard InChI is InChI=1S/C32H48ClN7O8/c1-20(2)27(30(44)39-24(28(43)32(3,4)5)8-6-7-11-35-31(34)45)40-26(42)18-48-15-13-46-12-14-47-17-25(41)38-21-9-10-23-22(16-21)29(33)37-19-36-23/h9-10,16,19-20,24,27H,6-8,11-15,17-18H2,1-5H3,(H,38,41)(H,39,44)(H,40,42)(H3,34,35,45)/t24-,27-/m0/s1. The van der Waals surface area contributed by atoms with Gasteiger partial charge in [-0.05, 0) is 43.4 Å². The van der Waals surface area contributed by atoms with Crippen LogP contribution in [0.25, 0.3) is 10.9 Å². The van der Waals surface area contributed by atoms with Crippen LogP contribution in [0, 0.1) is 11.3 Å². The first kappa shape index (κ1) is 40.3. The number of ketones is 1. The molecule has 0 saturated carbocycles. The highest BCUT2D eigenvalue weighted by molar-refractivity contribution is 6.34. The highest BCUT2D eigenvalue weighted by Crippen LogP contribution is 2.23. The molecular formula is C32H48ClN7O8. The number of nitrogens with two attached hydrogens (primary N) is 1. The van der Waals surface area contributed by atoms with Gasteiger partial charge in [0.15, 0.2) is 5.78 Å². The van der Waals surface area contributed by atoms with Crippen molar-refractivity contribution in [1.82, 2.24) is 25.9 Å². The number of nitrogens with one attached hydrogen (secondary N) is 4. The maximum absolute atomic E-state index is 13.2. The van der Waals surface area contributed by atoms with Gasteiger partial charge in [0.05, 0.1) is 38.0 Å². The molecule has 0 aliphatic rings. The van der Waals surface area contributed by atoms with Gasteiger partial charge in [-0.2, -0.15) is 0 Å². The summed E-state index contributed by atoms with van der Waals surface area (Å²) in [6, 6.07) is 2.85. The second kappa shape index (κ2) is 20.4. The van der Waals surface area contributed by atoms with E-state index in [2.05, 4.69) is 31.2 Å². The molecule has 15 nitrogen and oxygen atoms in total. The zero-order chi connectivity index (χ0) is 35.7. The molecule has 16 heteroatoms. The Kier molecular flexibility index (Phi) is 17.1. The number of urea groups is 1. The monoisotopic (exact) mass is 693 g/mol. The highest BCUT2D eigenvalue weighted by atomic mass is 35.5. The first-order valence-electron chi connectivity index (χ1n) is 15.8. The summed E-state index contributed by atoms with van der Waals surface area (Å²) in [5, 5.41) is 11.6. The molecule has 6 N–H and O–H groups in total. The molecule has 0 saturated heterocycles. The first-order valence-corrected chi connectivity index (χ1v) is 16.2. The predicted molar refractivity (Wildman–Crippen MR) is 180 cm³/mol. The summed E-state index contributed by atoms with van der Waals surface area (Å²) in [6.45, 7) is 9.47. The second-order valence-electron chi connectivity index (χ2n) is 12.4. The van der Waals surface area contributed by atoms with E-state index in [1.54, 1.807) is 52.8 Å². The van der Waals surface area contributed by atoms with Gasteiger partial charge in [-0.25, -0.2) is 14.8 Å². The Labute approximate surface area is 285 Å². The number of hydrogen-bond acceptors (Lipinski definition) is 10. The van der Waals surface area contributed by atoms with Crippen molar-refractivity contribution in [3.05, 3.63) is 29.7 Å². The average molecular weight is 694 g/mol. The molecule has 0 aliphatic carbocycles. The lowest BCUT2D eigenvalue weighted by atomic mass is 9.84. The van der Waals surface area contributed by atoms with Crippen LogP contribution in [0.4, 0.5) is 10.5 Å². The minimum absolute atomic E-state index is 0.119. The zero-order valence-corrected chi connectivity index (χ0v) is 29.0. The van der Waals surface area contributed by atoms with Crippen LogP contribution in [0.5, 0.6) is 0 Å². The second-order valence-corrected chi connectivity index (χ2v) is 12.8. The molecule has 48 heavy (non-hydrogen) atoms. The number of anilines is 1. The summed E-state index contributed by atoms with van der Waals surface area (Å²) >= 11 is 6.08. The Balaban J connectivity index is 1.66. The lowest BCUT2D eigenvalue weighted by molar-refractivity contribution is -0.136. The van der Waals surface area contributed by atoms with Gasteiger partial charge in [0.2, 0.25) is 17.7 Å². The third-order valence-electron chi connectivity index (χ3n) is 6.94. The number of nitrogens with zero attached hydrogens (tertiary/aromatic N) is 2. The quantitative estimate of drug-likeness (QED) is 0.0951. The SMILES string of the molecule is CC(C)[C@H](NC(=O)COCCOCCOCC(=O)Nc1ccc2ncnc(Cl)c2c1)C(=O)N[C@@H](CCCCNC(N)=O)C(=O)C(C)(C)C. The number of carbonyl (C=O) groups excluding carboxylic acids is 5. The van der Waals surface area contributed by atoms with Gasteiger partial charge in [0, 0.05) is 23.0 Å². The molecule has 1 heterocycles. The van der Waals surface area contributed by atoms with Crippen LogP contribution in [0.15, 0.2) is 24.5 Å². The van der Waals surface area contributed by atoms with Gasteiger partial charge in [-0.15, -0.1) is 0 Å². The first-order chi connectivity index (χ1) is 22.7. The summed E-state index contributed by atoms with van der Waals surface area (Å²) in [5.74, 6) is -1.70. The molecule has 0 radical (unpaired) electrons. The summed E-state index contributed by atoms with van der Waals surface area (Å²) in [6.07, 6.45) is 2.90. The van der Waals surface area contributed by atoms with E-state index in [-0.39, 0.29) is 62.4 Å². The van der Waals surface area contributed by atoms with Gasteiger partial charge in [-0.1, -0.05) is 46.2 Å². The Hall–Kier alpha value is -3.92. The molecule has 5 amide bonds. The molecule has 2 rings (SSSR count). The number of hydrogen-bond donors (Lipinski definition) is 5. The van der Waals surface area contributed by atoms with Crippen molar-refractivity contribution in [2.24, 2.45) is 17.1 Å². The van der Waals surface area contributed by atoms with E-state index < -0.39 is 35.3 Å². The molecule has 0 bridgehead atoms. The Morgan fingerprint density at radius 1 is 0.896 bits per heavy atom. The van der Waals surface area contributed by atoms with E-state index >= 15 is 0 Å². The molecule has 0 spiro atoms. The number of benzene rings is 1. The fourth-order valence-corrected chi connectivity index (χ4v) is 4.65. The molecule has 2 atom stereocenters. The summed E-state index contributed by atoms with van der Waals surface area (Å²) < 4.78 is 16.1. The van der Waals surface area contributed by atoms with Gasteiger partial charge in [-0.3, -0.25) is 19.2 Å². The average Bonchev–Trinajstić information content (AvgIpc) is 3.01. The van der Waals surface area contributed by atoms with E-state index in [0.717, 1.165) is 0 Å². The van der Waals surface area contributed by atoms with Gasteiger partial charge in [0.25, 0.3) is 0 Å². The maximum Gasteiger partial charge on any atom is 0.312 e. The van der Waals surface area contributed by atoms with Crippen LogP contribution in [-0.2, 0) is 33.4 Å². The van der Waals surface area contributed by atoms with E-state index in [1.807, 2.05) is 0 Å². The third kappa shape index (κ3) is 14.9. The lowest BCUT2D eigenvalue weighted by Gasteiger charge is -2.28. The molecule has 0 fully saturated rings. The number of unbranched alkanes of at least 4 members (excludes halogenated alkanes) is 1. The number of amides is 5. The van der Waals surface area contributed by atoms with Crippen LogP contribution in [0.1, 0.15) is 53.9 Å². The summed E-state index contributed by atoms with van der Waals surface area (Å²) in [4.78, 5) is 69.9. The number of fused-ring (bicyclic) bond motifs is 1. The summed E-state index contributed by atoms with van der Waals surface area (Å²) in [7, 11) is 0. The van der Waals surface area contributed by atoms with Crippen molar-refractivity contribution in [3.63, 3.8) is 0 Å². The van der Waals surface area contributed by atoms with Crippen molar-refractivity contribution in [1.29, 1.82) is 0 Å². The van der Waals surface area contributed by atoms with Crippen LogP contribution in [-0.4, -0.2) is 97.8 Å². The lowest BCUT2D eigenvalue weighted by Crippen LogP contribution is -2.55. The number of carbonyl (C=O) groups is 5. The molecular weight excluding hydrogens is 646 g/mol. The van der Waals surface area contributed by atoms with Crippen molar-refractivity contribution < 1.29 is 38.2 Å². The number of halogens is 1. The number of aromatic nitrogens is 2. The van der Waals surface area contributed by atoms with Crippen LogP contribution in [0.3, 0.4) is 0 Å². The zero-order valence-electron chi connectivity index (χ0n) is 28.2. The van der Waals surface area contributed by atoms with Crippen molar-refractivity contribution in [2.75, 3.05) is 51.5 Å². The minimum Gasteiger partial charge on any atom is -0.377 e. The number of primary amides is 1. The summed E-state index contributed by atoms with van der Waals surface area (Å²) in [5.41, 5.74) is 5.59. The van der Waals surface area contributed by atoms with E-state index in [4.69, 9.17) is 31.5 Å². The molecule has 1 aromatic carbocycles. The van der Waals surface area contributed by atoms with E-state index in [0.29, 0.717) is 42.4 Å². The van der Waals surface area contributed by atoms with Crippen molar-refractivity contribution in [2.45, 2.75) is 66.0 Å².